The van der Waals surface area contributed by atoms with E-state index in [1.54, 1.807) is 26.0 Å². The molecule has 2 bridgehead atoms. The third kappa shape index (κ3) is 2.93. The van der Waals surface area contributed by atoms with Gasteiger partial charge in [-0.05, 0) is 66.2 Å². The summed E-state index contributed by atoms with van der Waals surface area (Å²) in [4.78, 5) is 27.2. The van der Waals surface area contributed by atoms with Crippen molar-refractivity contribution in [2.75, 3.05) is 0 Å². The minimum atomic E-state index is -1.96. The number of esters is 1. The zero-order chi connectivity index (χ0) is 24.6. The molecule has 5 nitrogen and oxygen atoms in total. The number of allylic oxidation sites excluding steroid dienone is 1. The Morgan fingerprint density at radius 3 is 2.50 bits per heavy atom. The second kappa shape index (κ2) is 7.50. The summed E-state index contributed by atoms with van der Waals surface area (Å²) >= 11 is 0. The molecule has 0 aliphatic heterocycles. The summed E-state index contributed by atoms with van der Waals surface area (Å²) < 4.78 is 5.89. The number of carbonyl (C=O) groups excluding carboxylic acids is 2. The van der Waals surface area contributed by atoms with E-state index in [0.717, 1.165) is 12.0 Å². The first-order valence-electron chi connectivity index (χ1n) is 12.2. The number of fused-ring (bicyclic) bond motifs is 3. The van der Waals surface area contributed by atoms with Crippen LogP contribution in [0, 0.1) is 34.5 Å². The molecule has 8 atom stereocenters. The van der Waals surface area contributed by atoms with Crippen molar-refractivity contribution in [3.05, 3.63) is 65.3 Å². The Balaban J connectivity index is 1.59. The van der Waals surface area contributed by atoms with E-state index in [9.17, 15) is 19.8 Å². The van der Waals surface area contributed by atoms with Crippen LogP contribution in [0.25, 0.3) is 6.08 Å². The lowest BCUT2D eigenvalue weighted by Crippen LogP contribution is -2.65. The molecule has 1 aromatic rings. The number of aliphatic hydroxyl groups excluding tert-OH is 1. The van der Waals surface area contributed by atoms with Gasteiger partial charge in [0.05, 0.1) is 5.41 Å². The van der Waals surface area contributed by atoms with E-state index in [4.69, 9.17) is 4.74 Å². The van der Waals surface area contributed by atoms with E-state index in [1.165, 1.54) is 6.08 Å². The molecule has 5 rings (SSSR count). The Bertz CT molecular complexity index is 1130. The molecule has 5 heteroatoms. The second-order valence-corrected chi connectivity index (χ2v) is 11.4. The lowest BCUT2D eigenvalue weighted by Gasteiger charge is -2.48. The van der Waals surface area contributed by atoms with Crippen molar-refractivity contribution >= 4 is 17.8 Å². The van der Waals surface area contributed by atoms with Crippen molar-refractivity contribution < 1.29 is 24.5 Å². The van der Waals surface area contributed by atoms with Crippen molar-refractivity contribution in [3.8, 4) is 0 Å². The lowest BCUT2D eigenvalue weighted by atomic mass is 9.59. The molecule has 0 saturated heterocycles. The van der Waals surface area contributed by atoms with E-state index in [0.29, 0.717) is 17.1 Å². The number of aliphatic hydroxyl groups is 2. The molecule has 2 fully saturated rings. The first-order chi connectivity index (χ1) is 16.0. The van der Waals surface area contributed by atoms with Crippen molar-refractivity contribution in [3.63, 3.8) is 0 Å². The van der Waals surface area contributed by atoms with Crippen LogP contribution in [0.15, 0.2) is 59.7 Å². The molecule has 180 valence electrons. The van der Waals surface area contributed by atoms with Gasteiger partial charge in [0.2, 0.25) is 0 Å². The van der Waals surface area contributed by atoms with E-state index < -0.39 is 29.2 Å². The van der Waals surface area contributed by atoms with Gasteiger partial charge in [0.15, 0.2) is 17.5 Å². The van der Waals surface area contributed by atoms with E-state index in [1.807, 2.05) is 43.3 Å². The van der Waals surface area contributed by atoms with Crippen molar-refractivity contribution in [2.24, 2.45) is 34.5 Å². The molecular weight excluding hydrogens is 428 g/mol. The Labute approximate surface area is 201 Å². The van der Waals surface area contributed by atoms with Crippen molar-refractivity contribution in [1.82, 2.24) is 0 Å². The highest BCUT2D eigenvalue weighted by Gasteiger charge is 2.76. The van der Waals surface area contributed by atoms with Gasteiger partial charge in [0, 0.05) is 12.0 Å². The molecule has 4 aliphatic carbocycles. The van der Waals surface area contributed by atoms with Crippen molar-refractivity contribution in [1.29, 1.82) is 0 Å². The third-order valence-electron chi connectivity index (χ3n) is 9.29. The molecule has 2 N–H and O–H groups in total. The van der Waals surface area contributed by atoms with Gasteiger partial charge in [-0.1, -0.05) is 63.3 Å². The highest BCUT2D eigenvalue weighted by molar-refractivity contribution is 5.95. The van der Waals surface area contributed by atoms with Gasteiger partial charge in [-0.15, -0.1) is 0 Å². The van der Waals surface area contributed by atoms with Crippen LogP contribution in [0.4, 0.5) is 0 Å². The average Bonchev–Trinajstić information content (AvgIpc) is 3.30. The standard InChI is InChI=1S/C29H34O5/c1-16-13-20-23-21(27(23,4)5)14-18(3)28(25(20)32)15-17(2)24(31)29(28,33)26(16)34-22(30)12-11-19-9-7-6-8-10-19/h6-13,15,18,20-21,23-24,26,31,33H,14H2,1-5H3/b12-11+/t18-,20+,21-,23+,24+,26-,28+,29-/m1/s1. The van der Waals surface area contributed by atoms with Gasteiger partial charge in [-0.3, -0.25) is 4.79 Å². The monoisotopic (exact) mass is 462 g/mol. The second-order valence-electron chi connectivity index (χ2n) is 11.4. The largest absolute Gasteiger partial charge is 0.451 e. The Kier molecular flexibility index (Phi) is 5.13. The molecule has 1 aromatic carbocycles. The molecule has 1 spiro atoms. The first-order valence-corrected chi connectivity index (χ1v) is 12.2. The van der Waals surface area contributed by atoms with Crippen molar-refractivity contribution in [2.45, 2.75) is 58.8 Å². The molecule has 0 unspecified atom stereocenters. The van der Waals surface area contributed by atoms with Crippen LogP contribution < -0.4 is 0 Å². The third-order valence-corrected chi connectivity index (χ3v) is 9.29. The van der Waals surface area contributed by atoms with Crippen LogP contribution in [0.1, 0.15) is 46.6 Å². The molecule has 0 amide bonds. The summed E-state index contributed by atoms with van der Waals surface area (Å²) in [6, 6.07) is 9.39. The molecule has 34 heavy (non-hydrogen) atoms. The van der Waals surface area contributed by atoms with Crippen LogP contribution in [0.5, 0.6) is 0 Å². The fourth-order valence-corrected chi connectivity index (χ4v) is 7.45. The number of carbonyl (C=O) groups is 2. The highest BCUT2D eigenvalue weighted by Crippen LogP contribution is 2.71. The quantitative estimate of drug-likeness (QED) is 0.401. The summed E-state index contributed by atoms with van der Waals surface area (Å²) in [6.45, 7) is 9.94. The van der Waals surface area contributed by atoms with Gasteiger partial charge in [-0.2, -0.15) is 0 Å². The average molecular weight is 463 g/mol. The van der Waals surface area contributed by atoms with Gasteiger partial charge >= 0.3 is 5.97 Å². The molecule has 0 aromatic heterocycles. The molecule has 0 radical (unpaired) electrons. The molecule has 0 heterocycles. The van der Waals surface area contributed by atoms with Crippen LogP contribution in [0.3, 0.4) is 0 Å². The van der Waals surface area contributed by atoms with Gasteiger partial charge in [0.25, 0.3) is 0 Å². The van der Waals surface area contributed by atoms with Crippen LogP contribution in [0.2, 0.25) is 0 Å². The number of rotatable bonds is 3. The minimum absolute atomic E-state index is 0.0377. The normalized spacial score (nSPS) is 42.1. The molecular formula is C29H34O5. The van der Waals surface area contributed by atoms with E-state index in [2.05, 4.69) is 13.8 Å². The smallest absolute Gasteiger partial charge is 0.331 e. The fraction of sp³-hybridized carbons (Fsp3) is 0.517. The number of benzene rings is 1. The maximum absolute atomic E-state index is 14.3. The number of hydrogen-bond donors (Lipinski definition) is 2. The predicted molar refractivity (Wildman–Crippen MR) is 129 cm³/mol. The number of ketones is 1. The maximum atomic E-state index is 14.3. The van der Waals surface area contributed by atoms with E-state index >= 15 is 0 Å². The maximum Gasteiger partial charge on any atom is 0.331 e. The first kappa shape index (κ1) is 23.3. The number of ether oxygens (including phenoxy) is 1. The summed E-state index contributed by atoms with van der Waals surface area (Å²) in [5, 5.41) is 23.6. The number of Topliss-reactive ketones (excluding diaryl/α,β-unsaturated/α-hetero) is 1. The van der Waals surface area contributed by atoms with Gasteiger partial charge in [-0.25, -0.2) is 4.79 Å². The van der Waals surface area contributed by atoms with Crippen LogP contribution in [-0.2, 0) is 14.3 Å². The zero-order valence-corrected chi connectivity index (χ0v) is 20.5. The topological polar surface area (TPSA) is 83.8 Å². The highest BCUT2D eigenvalue weighted by atomic mass is 16.6. The van der Waals surface area contributed by atoms with E-state index in [-0.39, 0.29) is 29.0 Å². The van der Waals surface area contributed by atoms with Gasteiger partial charge in [0.1, 0.15) is 6.10 Å². The summed E-state index contributed by atoms with van der Waals surface area (Å²) in [7, 11) is 0. The van der Waals surface area contributed by atoms with Gasteiger partial charge < -0.3 is 14.9 Å². The Morgan fingerprint density at radius 1 is 1.15 bits per heavy atom. The predicted octanol–water partition coefficient (Wildman–Crippen LogP) is 4.11. The zero-order valence-electron chi connectivity index (χ0n) is 20.5. The fourth-order valence-electron chi connectivity index (χ4n) is 7.45. The summed E-state index contributed by atoms with van der Waals surface area (Å²) in [6.07, 6.45) is 5.00. The van der Waals surface area contributed by atoms with Crippen LogP contribution >= 0.6 is 0 Å². The Morgan fingerprint density at radius 2 is 1.82 bits per heavy atom. The van der Waals surface area contributed by atoms with Crippen LogP contribution in [-0.4, -0.2) is 39.8 Å². The lowest BCUT2D eigenvalue weighted by molar-refractivity contribution is -0.201. The number of hydrogen-bond acceptors (Lipinski definition) is 5. The summed E-state index contributed by atoms with van der Waals surface area (Å²) in [5.74, 6) is -0.718. The molecule has 2 saturated carbocycles. The summed E-state index contributed by atoms with van der Waals surface area (Å²) in [5.41, 5.74) is -1.23. The SMILES string of the molecule is CC1=C[C@@H]2C(=O)[C@]3(C=C(C)[C@H](O)[C@@]3(O)[C@@H]1OC(=O)/C=C/c1ccccc1)[C@H](C)C[C@@H]1[C@H]2C1(C)C. The molecule has 4 aliphatic rings. The minimum Gasteiger partial charge on any atom is -0.451 e. The Hall–Kier alpha value is -2.50.